The molecule has 1 aliphatic heterocycles. The van der Waals surface area contributed by atoms with Gasteiger partial charge in [-0.15, -0.1) is 0 Å². The van der Waals surface area contributed by atoms with Crippen molar-refractivity contribution < 1.29 is 14.3 Å². The van der Waals surface area contributed by atoms with Crippen LogP contribution in [0.5, 0.6) is 5.75 Å². The number of ketones is 1. The summed E-state index contributed by atoms with van der Waals surface area (Å²) in [6.07, 6.45) is 2.81. The van der Waals surface area contributed by atoms with Gasteiger partial charge in [-0.05, 0) is 64.5 Å². The number of anilines is 1. The maximum absolute atomic E-state index is 13.5. The lowest BCUT2D eigenvalue weighted by molar-refractivity contribution is -0.118. The number of nitrogens with one attached hydrogen (secondary N) is 2. The fraction of sp³-hybridized carbons (Fsp3) is 0.320. The number of carbonyl (C=O) groups excluding carboxylic acids is 2. The molecule has 0 fully saturated rings. The molecule has 0 radical (unpaired) electrons. The Hall–Kier alpha value is -2.93. The highest BCUT2D eigenvalue weighted by atomic mass is 79.9. The van der Waals surface area contributed by atoms with Crippen LogP contribution in [0.3, 0.4) is 0 Å². The summed E-state index contributed by atoms with van der Waals surface area (Å²) in [5.74, 6) is 0.413. The second-order valence-corrected chi connectivity index (χ2v) is 9.94. The smallest absolute Gasteiger partial charge is 0.255 e. The van der Waals surface area contributed by atoms with Crippen molar-refractivity contribution >= 4 is 33.4 Å². The number of halogens is 1. The molecule has 2 aliphatic rings. The van der Waals surface area contributed by atoms with E-state index in [0.717, 1.165) is 27.9 Å². The first-order chi connectivity index (χ1) is 15.2. The van der Waals surface area contributed by atoms with Crippen molar-refractivity contribution in [2.45, 2.75) is 39.5 Å². The van der Waals surface area contributed by atoms with Crippen molar-refractivity contribution in [3.8, 4) is 5.75 Å². The highest BCUT2D eigenvalue weighted by Gasteiger charge is 2.42. The number of Topliss-reactive ketones (excluding diaryl/α,β-unsaturated/α-hetero) is 1. The van der Waals surface area contributed by atoms with Crippen molar-refractivity contribution in [2.75, 3.05) is 12.4 Å². The van der Waals surface area contributed by atoms with E-state index >= 15 is 0 Å². The van der Waals surface area contributed by atoms with Gasteiger partial charge in [-0.3, -0.25) is 9.59 Å². The van der Waals surface area contributed by atoms with Crippen LogP contribution in [0.25, 0.3) is 0 Å². The third-order valence-corrected chi connectivity index (χ3v) is 6.35. The van der Waals surface area contributed by atoms with Gasteiger partial charge >= 0.3 is 0 Å². The molecular formula is C25H26BrN3O3. The van der Waals surface area contributed by atoms with Gasteiger partial charge in [0.15, 0.2) is 5.78 Å². The highest BCUT2D eigenvalue weighted by Crippen LogP contribution is 2.47. The van der Waals surface area contributed by atoms with Crippen LogP contribution in [-0.4, -0.2) is 23.8 Å². The maximum Gasteiger partial charge on any atom is 0.255 e. The van der Waals surface area contributed by atoms with E-state index < -0.39 is 5.92 Å². The van der Waals surface area contributed by atoms with Crippen molar-refractivity contribution in [3.05, 3.63) is 75.2 Å². The topological polar surface area (TPSA) is 80.3 Å². The van der Waals surface area contributed by atoms with Crippen LogP contribution in [0.1, 0.15) is 45.1 Å². The Morgan fingerprint density at radius 2 is 2.03 bits per heavy atom. The minimum Gasteiger partial charge on any atom is -0.497 e. The third kappa shape index (κ3) is 4.35. The molecule has 1 aliphatic carbocycles. The molecule has 7 heteroatoms. The molecule has 2 N–H and O–H groups in total. The maximum atomic E-state index is 13.5. The summed E-state index contributed by atoms with van der Waals surface area (Å²) in [5.41, 5.74) is 3.52. The quantitative estimate of drug-likeness (QED) is 0.616. The lowest BCUT2D eigenvalue weighted by atomic mass is 9.68. The number of hydrogen-bond donors (Lipinski definition) is 2. The molecule has 0 unspecified atom stereocenters. The Morgan fingerprint density at radius 3 is 2.72 bits per heavy atom. The SMILES string of the molecule is COc1cccc([C@@H]2C(C(=O)Nc3ccc(Br)cn3)=C(C)NC3=C2C(=O)CC(C)(C)C3)c1. The largest absolute Gasteiger partial charge is 0.497 e. The number of ether oxygens (including phenoxy) is 1. The number of carbonyl (C=O) groups is 2. The Morgan fingerprint density at radius 1 is 1.25 bits per heavy atom. The van der Waals surface area contributed by atoms with E-state index in [1.807, 2.05) is 37.3 Å². The Balaban J connectivity index is 1.81. The lowest BCUT2D eigenvalue weighted by Gasteiger charge is -2.39. The molecule has 4 rings (SSSR count). The number of allylic oxidation sites excluding steroid dienone is 3. The summed E-state index contributed by atoms with van der Waals surface area (Å²) in [6.45, 7) is 6.07. The highest BCUT2D eigenvalue weighted by molar-refractivity contribution is 9.10. The van der Waals surface area contributed by atoms with Gasteiger partial charge in [0.25, 0.3) is 5.91 Å². The number of hydrogen-bond acceptors (Lipinski definition) is 5. The fourth-order valence-corrected chi connectivity index (χ4v) is 4.76. The minimum absolute atomic E-state index is 0.0659. The molecule has 1 atom stereocenters. The number of benzene rings is 1. The van der Waals surface area contributed by atoms with E-state index in [2.05, 4.69) is 45.4 Å². The van der Waals surface area contributed by atoms with E-state index in [-0.39, 0.29) is 17.1 Å². The molecule has 6 nitrogen and oxygen atoms in total. The molecule has 1 aromatic heterocycles. The molecule has 32 heavy (non-hydrogen) atoms. The molecule has 0 saturated carbocycles. The predicted octanol–water partition coefficient (Wildman–Crippen LogP) is 5.10. The number of nitrogens with zero attached hydrogens (tertiary/aromatic N) is 1. The van der Waals surface area contributed by atoms with Crippen LogP contribution < -0.4 is 15.4 Å². The van der Waals surface area contributed by atoms with Gasteiger partial charge in [-0.2, -0.15) is 0 Å². The number of aromatic nitrogens is 1. The number of rotatable bonds is 4. The number of pyridine rings is 1. The van der Waals surface area contributed by atoms with Crippen LogP contribution in [0.4, 0.5) is 5.82 Å². The summed E-state index contributed by atoms with van der Waals surface area (Å²) in [6, 6.07) is 11.1. The van der Waals surface area contributed by atoms with Crippen molar-refractivity contribution in [2.24, 2.45) is 5.41 Å². The number of dihydropyridines is 1. The predicted molar refractivity (Wildman–Crippen MR) is 127 cm³/mol. The Kier molecular flexibility index (Phi) is 5.95. The van der Waals surface area contributed by atoms with Crippen molar-refractivity contribution in [1.82, 2.24) is 10.3 Å². The number of amides is 1. The molecule has 2 heterocycles. The first kappa shape index (κ1) is 22.3. The summed E-state index contributed by atoms with van der Waals surface area (Å²) in [4.78, 5) is 31.1. The molecular weight excluding hydrogens is 470 g/mol. The second kappa shape index (κ2) is 8.54. The van der Waals surface area contributed by atoms with E-state index in [4.69, 9.17) is 4.74 Å². The van der Waals surface area contributed by atoms with Crippen molar-refractivity contribution in [3.63, 3.8) is 0 Å². The van der Waals surface area contributed by atoms with E-state index in [1.165, 1.54) is 0 Å². The molecule has 0 bridgehead atoms. The summed E-state index contributed by atoms with van der Waals surface area (Å²) in [5, 5.41) is 6.27. The minimum atomic E-state index is -0.486. The average Bonchev–Trinajstić information content (AvgIpc) is 2.73. The number of methoxy groups -OCH3 is 1. The molecule has 1 amide bonds. The van der Waals surface area contributed by atoms with Crippen LogP contribution in [0, 0.1) is 5.41 Å². The van der Waals surface area contributed by atoms with Gasteiger partial charge in [-0.1, -0.05) is 26.0 Å². The van der Waals surface area contributed by atoms with Crippen molar-refractivity contribution in [1.29, 1.82) is 0 Å². The Labute approximate surface area is 196 Å². The van der Waals surface area contributed by atoms with Crippen LogP contribution in [0.15, 0.2) is 69.6 Å². The van der Waals surface area contributed by atoms with Crippen LogP contribution in [-0.2, 0) is 9.59 Å². The normalized spacial score (nSPS) is 19.9. The van der Waals surface area contributed by atoms with E-state index in [9.17, 15) is 9.59 Å². The summed E-state index contributed by atoms with van der Waals surface area (Å²) in [7, 11) is 1.61. The van der Waals surface area contributed by atoms with Gasteiger partial charge < -0.3 is 15.4 Å². The second-order valence-electron chi connectivity index (χ2n) is 9.02. The standard InChI is InChI=1S/C25H26BrN3O3/c1-14-21(24(31)29-20-9-8-16(26)13-27-20)22(15-6-5-7-17(10-15)32-4)23-18(28-14)11-25(2,3)12-19(23)30/h5-10,13,22,28H,11-12H2,1-4H3,(H,27,29,31)/t22-/m1/s1. The van der Waals surface area contributed by atoms with Gasteiger partial charge in [0.1, 0.15) is 11.6 Å². The van der Waals surface area contributed by atoms with E-state index in [0.29, 0.717) is 29.1 Å². The zero-order valence-electron chi connectivity index (χ0n) is 18.6. The molecule has 2 aromatic rings. The lowest BCUT2D eigenvalue weighted by Crippen LogP contribution is -2.39. The fourth-order valence-electron chi connectivity index (χ4n) is 4.52. The monoisotopic (exact) mass is 495 g/mol. The average molecular weight is 496 g/mol. The van der Waals surface area contributed by atoms with Gasteiger partial charge in [0, 0.05) is 45.5 Å². The zero-order chi connectivity index (χ0) is 23.0. The third-order valence-electron chi connectivity index (χ3n) is 5.88. The molecule has 166 valence electrons. The van der Waals surface area contributed by atoms with Gasteiger partial charge in [-0.25, -0.2) is 4.98 Å². The van der Waals surface area contributed by atoms with E-state index in [1.54, 1.807) is 19.4 Å². The summed E-state index contributed by atoms with van der Waals surface area (Å²) >= 11 is 3.36. The molecule has 1 aromatic carbocycles. The first-order valence-corrected chi connectivity index (χ1v) is 11.3. The van der Waals surface area contributed by atoms with Gasteiger partial charge in [0.2, 0.25) is 0 Å². The van der Waals surface area contributed by atoms with Crippen LogP contribution >= 0.6 is 15.9 Å². The molecule has 0 saturated heterocycles. The van der Waals surface area contributed by atoms with Crippen LogP contribution in [0.2, 0.25) is 0 Å². The molecule has 0 spiro atoms. The Bertz CT molecular complexity index is 1150. The first-order valence-electron chi connectivity index (χ1n) is 10.5. The summed E-state index contributed by atoms with van der Waals surface area (Å²) < 4.78 is 6.25. The zero-order valence-corrected chi connectivity index (χ0v) is 20.2. The van der Waals surface area contributed by atoms with Gasteiger partial charge in [0.05, 0.1) is 7.11 Å².